The van der Waals surface area contributed by atoms with Crippen LogP contribution in [-0.4, -0.2) is 59.1 Å². The number of hydrogen-bond donors (Lipinski definition) is 1. The lowest BCUT2D eigenvalue weighted by Crippen LogP contribution is -2.42. The normalized spacial score (nSPS) is 20.4. The molecule has 1 saturated carbocycles. The summed E-state index contributed by atoms with van der Waals surface area (Å²) in [5.41, 5.74) is 0.686. The maximum atomic E-state index is 14.3. The second-order valence-electron chi connectivity index (χ2n) is 8.70. The predicted octanol–water partition coefficient (Wildman–Crippen LogP) is 2.82. The van der Waals surface area contributed by atoms with E-state index in [0.29, 0.717) is 46.6 Å². The molecule has 0 bridgehead atoms. The van der Waals surface area contributed by atoms with Crippen LogP contribution in [0.3, 0.4) is 0 Å². The summed E-state index contributed by atoms with van der Waals surface area (Å²) in [5.74, 6) is 0.323. The van der Waals surface area contributed by atoms with Crippen LogP contribution in [0.2, 0.25) is 0 Å². The van der Waals surface area contributed by atoms with Crippen molar-refractivity contribution in [3.63, 3.8) is 0 Å². The summed E-state index contributed by atoms with van der Waals surface area (Å²) in [6.07, 6.45) is 6.98. The summed E-state index contributed by atoms with van der Waals surface area (Å²) in [4.78, 5) is 21.7. The van der Waals surface area contributed by atoms with Crippen LogP contribution in [0, 0.1) is 5.82 Å². The minimum atomic E-state index is -3.11. The van der Waals surface area contributed by atoms with E-state index in [-0.39, 0.29) is 28.8 Å². The van der Waals surface area contributed by atoms with Gasteiger partial charge in [0.25, 0.3) is 0 Å². The highest BCUT2D eigenvalue weighted by Crippen LogP contribution is 2.43. The van der Waals surface area contributed by atoms with E-state index >= 15 is 0 Å². The third kappa shape index (κ3) is 4.39. The van der Waals surface area contributed by atoms with Gasteiger partial charge in [0.1, 0.15) is 27.3 Å². The number of thiazole rings is 1. The van der Waals surface area contributed by atoms with Gasteiger partial charge in [-0.1, -0.05) is 17.8 Å². The quantitative estimate of drug-likeness (QED) is 0.467. The van der Waals surface area contributed by atoms with Crippen LogP contribution >= 0.6 is 11.3 Å². The molecule has 1 aliphatic heterocycles. The standard InChI is InChI=1S/C22H23FN6O3S2/c23-16-3-1-9-24-20(16)22(7-2-8-22)13-26-18-5-4-17(27-28-18)21-25-11-19(33-21)29(14-30)15-6-10-34(31,32)12-15/h1,3-5,9,11,14-15H,2,6-8,10,12-13H2,(H,26,28). The lowest BCUT2D eigenvalue weighted by atomic mass is 9.66. The summed E-state index contributed by atoms with van der Waals surface area (Å²) in [5, 5.41) is 12.9. The smallest absolute Gasteiger partial charge is 0.215 e. The van der Waals surface area contributed by atoms with Crippen molar-refractivity contribution in [1.82, 2.24) is 20.2 Å². The van der Waals surface area contributed by atoms with E-state index in [4.69, 9.17) is 0 Å². The number of rotatable bonds is 8. The Labute approximate surface area is 200 Å². The van der Waals surface area contributed by atoms with Crippen LogP contribution in [0.5, 0.6) is 0 Å². The zero-order valence-electron chi connectivity index (χ0n) is 18.2. The van der Waals surface area contributed by atoms with Crippen molar-refractivity contribution in [2.24, 2.45) is 0 Å². The van der Waals surface area contributed by atoms with Crippen molar-refractivity contribution in [1.29, 1.82) is 0 Å². The van der Waals surface area contributed by atoms with Crippen LogP contribution in [0.4, 0.5) is 15.2 Å². The summed E-state index contributed by atoms with van der Waals surface area (Å²) >= 11 is 1.26. The third-order valence-electron chi connectivity index (χ3n) is 6.53. The number of anilines is 2. The van der Waals surface area contributed by atoms with E-state index in [1.807, 2.05) is 0 Å². The predicted molar refractivity (Wildman–Crippen MR) is 127 cm³/mol. The van der Waals surface area contributed by atoms with Crippen LogP contribution in [0.15, 0.2) is 36.7 Å². The van der Waals surface area contributed by atoms with Gasteiger partial charge in [-0.3, -0.25) is 9.78 Å². The molecule has 1 aliphatic carbocycles. The Morgan fingerprint density at radius 3 is 2.71 bits per heavy atom. The van der Waals surface area contributed by atoms with E-state index in [1.165, 1.54) is 22.3 Å². The molecule has 0 spiro atoms. The Balaban J connectivity index is 1.26. The molecule has 1 amide bonds. The number of nitrogens with zero attached hydrogens (tertiary/aromatic N) is 5. The molecule has 4 heterocycles. The fourth-order valence-electron chi connectivity index (χ4n) is 4.49. The molecular formula is C22H23FN6O3S2. The van der Waals surface area contributed by atoms with Gasteiger partial charge < -0.3 is 10.2 Å². The first-order chi connectivity index (χ1) is 16.4. The average Bonchev–Trinajstić information content (AvgIpc) is 3.42. The maximum absolute atomic E-state index is 14.3. The van der Waals surface area contributed by atoms with E-state index in [2.05, 4.69) is 25.5 Å². The zero-order valence-corrected chi connectivity index (χ0v) is 19.9. The molecule has 34 heavy (non-hydrogen) atoms. The number of aromatic nitrogens is 4. The second kappa shape index (κ2) is 8.99. The van der Waals surface area contributed by atoms with Crippen molar-refractivity contribution < 1.29 is 17.6 Å². The van der Waals surface area contributed by atoms with Gasteiger partial charge in [-0.2, -0.15) is 0 Å². The first kappa shape index (κ1) is 22.8. The molecule has 3 aromatic heterocycles. The topological polar surface area (TPSA) is 118 Å². The first-order valence-corrected chi connectivity index (χ1v) is 13.6. The molecule has 1 atom stereocenters. The Bertz CT molecular complexity index is 1290. The molecule has 12 heteroatoms. The molecule has 1 N–H and O–H groups in total. The zero-order chi connectivity index (χ0) is 23.8. The number of carbonyl (C=O) groups is 1. The largest absolute Gasteiger partial charge is 0.368 e. The highest BCUT2D eigenvalue weighted by Gasteiger charge is 2.41. The van der Waals surface area contributed by atoms with E-state index in [9.17, 15) is 17.6 Å². The van der Waals surface area contributed by atoms with Crippen LogP contribution in [-0.2, 0) is 20.0 Å². The first-order valence-electron chi connectivity index (χ1n) is 11.0. The number of amides is 1. The van der Waals surface area contributed by atoms with Crippen LogP contribution in [0.1, 0.15) is 31.4 Å². The minimum Gasteiger partial charge on any atom is -0.368 e. The highest BCUT2D eigenvalue weighted by atomic mass is 32.2. The molecule has 9 nitrogen and oxygen atoms in total. The molecule has 178 valence electrons. The number of pyridine rings is 1. The number of hydrogen-bond acceptors (Lipinski definition) is 9. The Hall–Kier alpha value is -2.99. The lowest BCUT2D eigenvalue weighted by Gasteiger charge is -2.41. The lowest BCUT2D eigenvalue weighted by molar-refractivity contribution is -0.107. The molecule has 1 saturated heterocycles. The molecule has 3 aromatic rings. The van der Waals surface area contributed by atoms with Gasteiger partial charge in [0.05, 0.1) is 29.4 Å². The van der Waals surface area contributed by atoms with E-state index < -0.39 is 9.84 Å². The van der Waals surface area contributed by atoms with Gasteiger partial charge in [0.2, 0.25) is 6.41 Å². The van der Waals surface area contributed by atoms with E-state index in [0.717, 1.165) is 19.3 Å². The number of carbonyl (C=O) groups excluding carboxylic acids is 1. The average molecular weight is 503 g/mol. The highest BCUT2D eigenvalue weighted by molar-refractivity contribution is 7.91. The van der Waals surface area contributed by atoms with Crippen LogP contribution < -0.4 is 10.2 Å². The summed E-state index contributed by atoms with van der Waals surface area (Å²) in [6.45, 7) is 0.509. The maximum Gasteiger partial charge on any atom is 0.215 e. The SMILES string of the molecule is O=CN(c1cnc(-c2ccc(NCC3(c4ncccc4F)CCC3)nn2)s1)C1CCS(=O)(=O)C1. The van der Waals surface area contributed by atoms with Crippen molar-refractivity contribution in [2.75, 3.05) is 28.3 Å². The second-order valence-corrected chi connectivity index (χ2v) is 11.9. The fraction of sp³-hybridized carbons (Fsp3) is 0.409. The van der Waals surface area contributed by atoms with Crippen molar-refractivity contribution in [2.45, 2.75) is 37.1 Å². The van der Waals surface area contributed by atoms with Crippen LogP contribution in [0.25, 0.3) is 10.7 Å². The molecule has 0 radical (unpaired) electrons. The van der Waals surface area contributed by atoms with Crippen molar-refractivity contribution in [3.8, 4) is 10.7 Å². The Morgan fingerprint density at radius 1 is 1.24 bits per heavy atom. The molecular weight excluding hydrogens is 479 g/mol. The summed E-state index contributed by atoms with van der Waals surface area (Å²) < 4.78 is 37.9. The summed E-state index contributed by atoms with van der Waals surface area (Å²) in [6, 6.07) is 6.22. The number of nitrogens with one attached hydrogen (secondary N) is 1. The molecule has 0 aromatic carbocycles. The number of halogens is 1. The van der Waals surface area contributed by atoms with Crippen molar-refractivity contribution >= 4 is 38.4 Å². The Kier molecular flexibility index (Phi) is 6.02. The minimum absolute atomic E-state index is 0.0387. The van der Waals surface area contributed by atoms with Gasteiger partial charge in [0.15, 0.2) is 9.84 Å². The third-order valence-corrected chi connectivity index (χ3v) is 9.31. The molecule has 1 unspecified atom stereocenters. The Morgan fingerprint density at radius 2 is 2.09 bits per heavy atom. The van der Waals surface area contributed by atoms with Gasteiger partial charge in [-0.05, 0) is 43.5 Å². The monoisotopic (exact) mass is 502 g/mol. The summed E-state index contributed by atoms with van der Waals surface area (Å²) in [7, 11) is -3.11. The van der Waals surface area contributed by atoms with Gasteiger partial charge in [0, 0.05) is 18.2 Å². The van der Waals surface area contributed by atoms with Gasteiger partial charge in [-0.25, -0.2) is 17.8 Å². The molecule has 5 rings (SSSR count). The van der Waals surface area contributed by atoms with E-state index in [1.54, 1.807) is 30.6 Å². The fourth-order valence-corrected chi connectivity index (χ4v) is 7.12. The van der Waals surface area contributed by atoms with Gasteiger partial charge in [-0.15, -0.1) is 10.2 Å². The molecule has 2 fully saturated rings. The van der Waals surface area contributed by atoms with Gasteiger partial charge >= 0.3 is 0 Å². The van der Waals surface area contributed by atoms with Crippen molar-refractivity contribution in [3.05, 3.63) is 48.2 Å². The number of sulfone groups is 1. The molecule has 2 aliphatic rings.